The van der Waals surface area contributed by atoms with E-state index < -0.39 is 11.9 Å². The molecule has 1 heterocycles. The van der Waals surface area contributed by atoms with Crippen molar-refractivity contribution in [3.8, 4) is 16.9 Å². The minimum absolute atomic E-state index is 0.187. The molecule has 0 bridgehead atoms. The quantitative estimate of drug-likeness (QED) is 0.374. The molecule has 4 rings (SSSR count). The Morgan fingerprint density at radius 2 is 1.59 bits per heavy atom. The van der Waals surface area contributed by atoms with E-state index in [0.29, 0.717) is 11.3 Å². The van der Waals surface area contributed by atoms with Crippen LogP contribution in [0, 0.1) is 0 Å². The maximum atomic E-state index is 12.2. The predicted octanol–water partition coefficient (Wildman–Crippen LogP) is 4.62. The van der Waals surface area contributed by atoms with Crippen molar-refractivity contribution in [2.45, 2.75) is 6.92 Å². The molecule has 0 spiro atoms. The van der Waals surface area contributed by atoms with Gasteiger partial charge in [0.25, 0.3) is 0 Å². The second-order valence-corrected chi connectivity index (χ2v) is 6.45. The number of carbonyl (C=O) groups excluding carboxylic acids is 2. The van der Waals surface area contributed by atoms with Crippen LogP contribution in [0.3, 0.4) is 0 Å². The summed E-state index contributed by atoms with van der Waals surface area (Å²) in [6, 6.07) is 24.5. The summed E-state index contributed by atoms with van der Waals surface area (Å²) in [7, 11) is 0. The highest BCUT2D eigenvalue weighted by Gasteiger charge is 2.24. The number of esters is 2. The maximum absolute atomic E-state index is 12.2. The Kier molecular flexibility index (Phi) is 5.03. The summed E-state index contributed by atoms with van der Waals surface area (Å²) < 4.78 is 10.4. The van der Waals surface area contributed by atoms with E-state index in [0.717, 1.165) is 16.7 Å². The summed E-state index contributed by atoms with van der Waals surface area (Å²) in [6.45, 7) is 1.33. The molecular formula is C24H17NO4. The number of hydrogen-bond donors (Lipinski definition) is 0. The zero-order valence-electron chi connectivity index (χ0n) is 15.7. The topological polar surface area (TPSA) is 65.0 Å². The highest BCUT2D eigenvalue weighted by atomic mass is 16.6. The van der Waals surface area contributed by atoms with Gasteiger partial charge < -0.3 is 9.47 Å². The lowest BCUT2D eigenvalue weighted by Crippen LogP contribution is -2.05. The van der Waals surface area contributed by atoms with E-state index in [1.807, 2.05) is 54.6 Å². The largest absolute Gasteiger partial charge is 0.427 e. The monoisotopic (exact) mass is 383 g/mol. The van der Waals surface area contributed by atoms with Crippen LogP contribution in [-0.2, 0) is 14.3 Å². The number of hydrogen-bond acceptors (Lipinski definition) is 5. The van der Waals surface area contributed by atoms with Crippen molar-refractivity contribution in [1.82, 2.24) is 0 Å². The molecule has 1 aliphatic heterocycles. The molecule has 0 aromatic heterocycles. The Balaban J connectivity index is 1.58. The molecule has 142 valence electrons. The Bertz CT molecular complexity index is 1130. The molecule has 0 fully saturated rings. The van der Waals surface area contributed by atoms with Gasteiger partial charge in [0, 0.05) is 12.5 Å². The van der Waals surface area contributed by atoms with E-state index in [4.69, 9.17) is 9.47 Å². The van der Waals surface area contributed by atoms with Gasteiger partial charge >= 0.3 is 11.9 Å². The minimum atomic E-state index is -0.523. The summed E-state index contributed by atoms with van der Waals surface area (Å²) in [4.78, 5) is 27.7. The molecule has 0 N–H and O–H groups in total. The second kappa shape index (κ2) is 7.94. The third kappa shape index (κ3) is 4.30. The maximum Gasteiger partial charge on any atom is 0.363 e. The molecule has 3 aromatic rings. The smallest absolute Gasteiger partial charge is 0.363 e. The van der Waals surface area contributed by atoms with Crippen molar-refractivity contribution in [3.63, 3.8) is 0 Å². The molecule has 0 aliphatic carbocycles. The van der Waals surface area contributed by atoms with Gasteiger partial charge in [-0.2, -0.15) is 0 Å². The van der Waals surface area contributed by atoms with Crippen LogP contribution in [-0.4, -0.2) is 17.8 Å². The molecule has 0 unspecified atom stereocenters. The number of aliphatic imine (C=N–C) groups is 1. The SMILES string of the molecule is CC(=O)Oc1cccc(/C=C2\N=C(c3ccc(-c4ccccc4)cc3)OC2=O)c1. The molecule has 29 heavy (non-hydrogen) atoms. The minimum Gasteiger partial charge on any atom is -0.427 e. The first kappa shape index (κ1) is 18.4. The summed E-state index contributed by atoms with van der Waals surface area (Å²) >= 11 is 0. The van der Waals surface area contributed by atoms with E-state index in [1.165, 1.54) is 6.92 Å². The third-order valence-electron chi connectivity index (χ3n) is 4.28. The van der Waals surface area contributed by atoms with Crippen LogP contribution in [0.25, 0.3) is 17.2 Å². The average molecular weight is 383 g/mol. The van der Waals surface area contributed by atoms with Crippen LogP contribution in [0.4, 0.5) is 0 Å². The first-order valence-electron chi connectivity index (χ1n) is 9.05. The Hall–Kier alpha value is -3.99. The normalized spacial score (nSPS) is 14.4. The molecule has 0 radical (unpaired) electrons. The van der Waals surface area contributed by atoms with Crippen molar-refractivity contribution in [1.29, 1.82) is 0 Å². The van der Waals surface area contributed by atoms with Crippen LogP contribution in [0.15, 0.2) is 89.6 Å². The zero-order valence-corrected chi connectivity index (χ0v) is 15.7. The fourth-order valence-corrected chi connectivity index (χ4v) is 2.96. The van der Waals surface area contributed by atoms with Gasteiger partial charge in [-0.3, -0.25) is 4.79 Å². The van der Waals surface area contributed by atoms with Crippen molar-refractivity contribution >= 4 is 23.9 Å². The van der Waals surface area contributed by atoms with Crippen LogP contribution in [0.5, 0.6) is 5.75 Å². The van der Waals surface area contributed by atoms with Gasteiger partial charge in [0.1, 0.15) is 5.75 Å². The lowest BCUT2D eigenvalue weighted by Gasteiger charge is -2.03. The van der Waals surface area contributed by atoms with Gasteiger partial charge in [0.15, 0.2) is 5.70 Å². The lowest BCUT2D eigenvalue weighted by molar-refractivity contribution is -0.132. The van der Waals surface area contributed by atoms with Crippen molar-refractivity contribution in [3.05, 3.63) is 95.7 Å². The van der Waals surface area contributed by atoms with Gasteiger partial charge in [0.2, 0.25) is 5.90 Å². The molecule has 0 saturated heterocycles. The average Bonchev–Trinajstić information content (AvgIpc) is 3.09. The first-order chi connectivity index (χ1) is 14.1. The fourth-order valence-electron chi connectivity index (χ4n) is 2.96. The molecule has 3 aromatic carbocycles. The molecular weight excluding hydrogens is 366 g/mol. The van der Waals surface area contributed by atoms with Crippen LogP contribution in [0.1, 0.15) is 18.1 Å². The standard InChI is InChI=1S/C24H17NO4/c1-16(26)28-21-9-5-6-17(14-21)15-22-24(27)29-23(25-22)20-12-10-19(11-13-20)18-7-3-2-4-8-18/h2-15H,1H3/b22-15-. The third-order valence-corrected chi connectivity index (χ3v) is 4.28. The molecule has 5 heteroatoms. The highest BCUT2D eigenvalue weighted by Crippen LogP contribution is 2.24. The van der Waals surface area contributed by atoms with E-state index in [2.05, 4.69) is 4.99 Å². The Labute approximate surface area is 167 Å². The number of cyclic esters (lactones) is 1. The van der Waals surface area contributed by atoms with E-state index >= 15 is 0 Å². The van der Waals surface area contributed by atoms with Gasteiger partial charge in [0.05, 0.1) is 0 Å². The number of ether oxygens (including phenoxy) is 2. The first-order valence-corrected chi connectivity index (χ1v) is 9.05. The number of nitrogens with zero attached hydrogens (tertiary/aromatic N) is 1. The highest BCUT2D eigenvalue weighted by molar-refractivity contribution is 6.13. The molecule has 5 nitrogen and oxygen atoms in total. The summed E-state index contributed by atoms with van der Waals surface area (Å²) in [5, 5.41) is 0. The number of rotatable bonds is 4. The van der Waals surface area contributed by atoms with Crippen molar-refractivity contribution in [2.24, 2.45) is 4.99 Å². The number of carbonyl (C=O) groups is 2. The van der Waals surface area contributed by atoms with E-state index in [9.17, 15) is 9.59 Å². The summed E-state index contributed by atoms with van der Waals surface area (Å²) in [5.74, 6) is -0.268. The Morgan fingerprint density at radius 3 is 2.31 bits per heavy atom. The second-order valence-electron chi connectivity index (χ2n) is 6.45. The molecule has 0 amide bonds. The van der Waals surface area contributed by atoms with E-state index in [1.54, 1.807) is 30.3 Å². The van der Waals surface area contributed by atoms with Crippen molar-refractivity contribution in [2.75, 3.05) is 0 Å². The van der Waals surface area contributed by atoms with Gasteiger partial charge in [-0.05, 0) is 47.0 Å². The fraction of sp³-hybridized carbons (Fsp3) is 0.0417. The molecule has 1 aliphatic rings. The van der Waals surface area contributed by atoms with Gasteiger partial charge in [-0.15, -0.1) is 0 Å². The van der Waals surface area contributed by atoms with Crippen LogP contribution >= 0.6 is 0 Å². The van der Waals surface area contributed by atoms with Gasteiger partial charge in [-0.25, -0.2) is 9.79 Å². The zero-order chi connectivity index (χ0) is 20.2. The predicted molar refractivity (Wildman–Crippen MR) is 110 cm³/mol. The molecule has 0 saturated carbocycles. The Morgan fingerprint density at radius 1 is 0.897 bits per heavy atom. The van der Waals surface area contributed by atoms with Crippen LogP contribution in [0.2, 0.25) is 0 Å². The molecule has 0 atom stereocenters. The van der Waals surface area contributed by atoms with E-state index in [-0.39, 0.29) is 11.6 Å². The van der Waals surface area contributed by atoms with Gasteiger partial charge in [-0.1, -0.05) is 54.6 Å². The lowest BCUT2D eigenvalue weighted by atomic mass is 10.0. The summed E-state index contributed by atoms with van der Waals surface area (Å²) in [5.41, 5.74) is 3.76. The number of benzene rings is 3. The van der Waals surface area contributed by atoms with Crippen LogP contribution < -0.4 is 4.74 Å². The van der Waals surface area contributed by atoms with Crippen molar-refractivity contribution < 1.29 is 19.1 Å². The summed E-state index contributed by atoms with van der Waals surface area (Å²) in [6.07, 6.45) is 1.60.